The minimum Gasteiger partial charge on any atom is -0.509 e. The Morgan fingerprint density at radius 3 is 2.39 bits per heavy atom. The van der Waals surface area contributed by atoms with E-state index in [-0.39, 0.29) is 5.97 Å². The van der Waals surface area contributed by atoms with E-state index in [0.29, 0.717) is 24.3 Å². The summed E-state index contributed by atoms with van der Waals surface area (Å²) < 4.78 is 4.96. The van der Waals surface area contributed by atoms with E-state index in [0.717, 1.165) is 93.5 Å². The first kappa shape index (κ1) is 27.2. The lowest BCUT2D eigenvalue weighted by molar-refractivity contribution is -0.140. The third-order valence-corrected chi connectivity index (χ3v) is 9.64. The molecule has 0 amide bonds. The van der Waals surface area contributed by atoms with Crippen molar-refractivity contribution >= 4 is 23.1 Å². The first-order chi connectivity index (χ1) is 19.6. The molecular formula is C34H38N4O3. The van der Waals surface area contributed by atoms with E-state index >= 15 is 0 Å². The Labute approximate surface area is 242 Å². The van der Waals surface area contributed by atoms with E-state index in [1.54, 1.807) is 0 Å². The number of carbonyl (C=O) groups excluding carboxylic acids is 1. The lowest BCUT2D eigenvalue weighted by Crippen LogP contribution is -2.22. The zero-order chi connectivity index (χ0) is 29.2. The molecule has 5 aliphatic heterocycles. The predicted octanol–water partition coefficient (Wildman–Crippen LogP) is 7.17. The smallest absolute Gasteiger partial charge is 0.305 e. The molecule has 0 aromatic carbocycles. The molecule has 7 heteroatoms. The monoisotopic (exact) mass is 550 g/mol. The highest BCUT2D eigenvalue weighted by Gasteiger charge is 2.41. The molecule has 6 aliphatic rings. The molecule has 212 valence electrons. The van der Waals surface area contributed by atoms with E-state index in [4.69, 9.17) is 19.7 Å². The molecule has 1 unspecified atom stereocenters. The third kappa shape index (κ3) is 4.08. The molecule has 0 aromatic rings. The maximum Gasteiger partial charge on any atom is 0.305 e. The number of aliphatic hydroxyl groups is 1. The van der Waals surface area contributed by atoms with Crippen LogP contribution in [0.2, 0.25) is 0 Å². The Balaban J connectivity index is 1.61. The number of rotatable bonds is 5. The van der Waals surface area contributed by atoms with Gasteiger partial charge in [-0.3, -0.25) is 4.79 Å². The Hall–Kier alpha value is -4.00. The Morgan fingerprint density at radius 2 is 1.68 bits per heavy atom. The second-order valence-electron chi connectivity index (χ2n) is 11.7. The van der Waals surface area contributed by atoms with Gasteiger partial charge in [0.2, 0.25) is 0 Å². The van der Waals surface area contributed by atoms with Gasteiger partial charge in [-0.15, -0.1) is 0 Å². The number of fused-ring (bicyclic) bond motifs is 5. The number of ether oxygens (including phenoxy) is 1. The van der Waals surface area contributed by atoms with Crippen LogP contribution >= 0.6 is 0 Å². The van der Waals surface area contributed by atoms with Gasteiger partial charge >= 0.3 is 5.97 Å². The number of hydrogen-bond donors (Lipinski definition) is 2. The van der Waals surface area contributed by atoms with Gasteiger partial charge in [0.15, 0.2) is 0 Å². The average molecular weight is 551 g/mol. The molecule has 1 aliphatic carbocycles. The molecule has 8 bridgehead atoms. The van der Waals surface area contributed by atoms with E-state index in [1.165, 1.54) is 18.3 Å². The highest BCUT2D eigenvalue weighted by Crippen LogP contribution is 2.47. The van der Waals surface area contributed by atoms with Crippen LogP contribution in [-0.4, -0.2) is 35.3 Å². The molecule has 7 nitrogen and oxygen atoms in total. The van der Waals surface area contributed by atoms with Gasteiger partial charge < -0.3 is 15.2 Å². The van der Waals surface area contributed by atoms with Crippen molar-refractivity contribution < 1.29 is 14.6 Å². The minimum absolute atomic E-state index is 0.231. The van der Waals surface area contributed by atoms with Crippen molar-refractivity contribution in [2.75, 3.05) is 7.11 Å². The highest BCUT2D eigenvalue weighted by molar-refractivity contribution is 6.21. The summed E-state index contributed by atoms with van der Waals surface area (Å²) in [6.45, 7) is 12.7. The second kappa shape index (κ2) is 9.82. The largest absolute Gasteiger partial charge is 0.509 e. The molecule has 0 spiro atoms. The van der Waals surface area contributed by atoms with Gasteiger partial charge in [0.05, 0.1) is 52.4 Å². The van der Waals surface area contributed by atoms with Gasteiger partial charge in [-0.1, -0.05) is 13.8 Å². The maximum absolute atomic E-state index is 12.1. The second-order valence-corrected chi connectivity index (χ2v) is 11.7. The SMILES string of the molecule is CCC1=C(C)C2=CC3=NC(=C4CCC5=C(C)C(=CC6=C(O)C(C)(CC)C(=CC1=N2)N6)N=C54)C(CCC(=O)OC)=C3C. The summed E-state index contributed by atoms with van der Waals surface area (Å²) in [4.78, 5) is 27.6. The fraction of sp³-hybridized carbons (Fsp3) is 0.412. The molecular weight excluding hydrogens is 512 g/mol. The summed E-state index contributed by atoms with van der Waals surface area (Å²) in [5.74, 6) is 0.100. The van der Waals surface area contributed by atoms with Gasteiger partial charge in [0, 0.05) is 17.7 Å². The van der Waals surface area contributed by atoms with Gasteiger partial charge in [-0.05, 0) is 111 Å². The third-order valence-electron chi connectivity index (χ3n) is 9.64. The quantitative estimate of drug-likeness (QED) is 0.355. The van der Waals surface area contributed by atoms with Gasteiger partial charge in [0.25, 0.3) is 0 Å². The minimum atomic E-state index is -0.547. The number of esters is 1. The summed E-state index contributed by atoms with van der Waals surface area (Å²) in [6.07, 6.45) is 10.3. The van der Waals surface area contributed by atoms with E-state index in [1.807, 2.05) is 6.08 Å². The number of allylic oxidation sites excluding steroid dienone is 10. The van der Waals surface area contributed by atoms with Crippen molar-refractivity contribution in [2.45, 2.75) is 80.1 Å². The topological polar surface area (TPSA) is 95.6 Å². The Bertz CT molecular complexity index is 1660. The van der Waals surface area contributed by atoms with Crippen molar-refractivity contribution in [3.05, 3.63) is 91.5 Å². The van der Waals surface area contributed by atoms with Crippen LogP contribution in [0, 0.1) is 5.41 Å². The van der Waals surface area contributed by atoms with Crippen LogP contribution in [0.4, 0.5) is 0 Å². The maximum atomic E-state index is 12.1. The van der Waals surface area contributed by atoms with Crippen molar-refractivity contribution in [2.24, 2.45) is 20.4 Å². The number of hydrogen-bond acceptors (Lipinski definition) is 7. The number of nitrogens with one attached hydrogen (secondary N) is 1. The highest BCUT2D eigenvalue weighted by atomic mass is 16.5. The Kier molecular flexibility index (Phi) is 6.51. The molecule has 41 heavy (non-hydrogen) atoms. The molecule has 2 N–H and O–H groups in total. The average Bonchev–Trinajstić information content (AvgIpc) is 3.72. The number of carbonyl (C=O) groups is 1. The first-order valence-electron chi connectivity index (χ1n) is 14.6. The molecule has 0 saturated heterocycles. The van der Waals surface area contributed by atoms with Gasteiger partial charge in [-0.2, -0.15) is 0 Å². The first-order valence-corrected chi connectivity index (χ1v) is 14.6. The van der Waals surface area contributed by atoms with Gasteiger partial charge in [0.1, 0.15) is 5.76 Å². The summed E-state index contributed by atoms with van der Waals surface area (Å²) >= 11 is 0. The van der Waals surface area contributed by atoms with Crippen LogP contribution in [0.3, 0.4) is 0 Å². The van der Waals surface area contributed by atoms with Gasteiger partial charge in [-0.25, -0.2) is 15.0 Å². The summed E-state index contributed by atoms with van der Waals surface area (Å²) in [5.41, 5.74) is 14.5. The number of methoxy groups -OCH3 is 1. The molecule has 0 radical (unpaired) electrons. The number of aliphatic imine (C=N–C) groups is 3. The molecule has 1 saturated carbocycles. The summed E-state index contributed by atoms with van der Waals surface area (Å²) in [5, 5.41) is 15.0. The fourth-order valence-corrected chi connectivity index (χ4v) is 6.69. The predicted molar refractivity (Wildman–Crippen MR) is 164 cm³/mol. The van der Waals surface area contributed by atoms with Crippen LogP contribution in [0.5, 0.6) is 0 Å². The van der Waals surface area contributed by atoms with E-state index in [2.05, 4.69) is 59.0 Å². The van der Waals surface area contributed by atoms with Crippen LogP contribution in [0.15, 0.2) is 106 Å². The molecule has 6 rings (SSSR count). The summed E-state index contributed by atoms with van der Waals surface area (Å²) in [6, 6.07) is 0. The van der Waals surface area contributed by atoms with Crippen molar-refractivity contribution in [1.82, 2.24) is 5.32 Å². The normalized spacial score (nSPS) is 25.0. The molecule has 1 atom stereocenters. The van der Waals surface area contributed by atoms with Crippen LogP contribution < -0.4 is 5.32 Å². The van der Waals surface area contributed by atoms with E-state index < -0.39 is 5.41 Å². The molecule has 5 heterocycles. The van der Waals surface area contributed by atoms with Crippen LogP contribution in [0.1, 0.15) is 80.1 Å². The zero-order valence-corrected chi connectivity index (χ0v) is 25.1. The number of aliphatic hydroxyl groups excluding tert-OH is 1. The van der Waals surface area contributed by atoms with Crippen LogP contribution in [0.25, 0.3) is 0 Å². The van der Waals surface area contributed by atoms with Crippen molar-refractivity contribution in [3.8, 4) is 0 Å². The molecule has 1 fully saturated rings. The lowest BCUT2D eigenvalue weighted by Gasteiger charge is -2.24. The Morgan fingerprint density at radius 1 is 0.951 bits per heavy atom. The zero-order valence-electron chi connectivity index (χ0n) is 25.1. The lowest BCUT2D eigenvalue weighted by atomic mass is 9.82. The fourth-order valence-electron chi connectivity index (χ4n) is 6.69. The van der Waals surface area contributed by atoms with Crippen molar-refractivity contribution in [3.63, 3.8) is 0 Å². The van der Waals surface area contributed by atoms with E-state index in [9.17, 15) is 9.90 Å². The summed E-state index contributed by atoms with van der Waals surface area (Å²) in [7, 11) is 1.43. The molecule has 0 aromatic heterocycles. The van der Waals surface area contributed by atoms with Crippen LogP contribution in [-0.2, 0) is 9.53 Å². The standard InChI is InChI=1S/C34H38N4O3/c1-8-20-17(3)24-14-25-19(5)22(12-13-30(39)41-7)32(37-25)23-11-10-21-18(4)26(38-31(21)23)15-28-33(40)34(6,9-2)29(36-28)16-27(20)35-24/h14-16,36,40H,8-13H2,1-7H3. The van der Waals surface area contributed by atoms with Crippen molar-refractivity contribution in [1.29, 1.82) is 0 Å². The number of nitrogens with zero attached hydrogens (tertiary/aromatic N) is 3.